The zero-order valence-corrected chi connectivity index (χ0v) is 15.8. The molecule has 3 rings (SSSR count). The minimum Gasteiger partial charge on any atom is -0.496 e. The van der Waals surface area contributed by atoms with E-state index in [-0.39, 0.29) is 5.69 Å². The molecule has 0 atom stereocenters. The number of nitrogens with zero attached hydrogens (tertiary/aromatic N) is 2. The van der Waals surface area contributed by atoms with Crippen LogP contribution in [0.15, 0.2) is 64.1 Å². The van der Waals surface area contributed by atoms with E-state index in [0.29, 0.717) is 22.8 Å². The molecular formula is C18H14IN3O4. The number of rotatable bonds is 6. The molecule has 2 aromatic carbocycles. The number of benzene rings is 2. The number of non-ortho nitro benzene ring substituents is 1. The first kappa shape index (κ1) is 17.9. The van der Waals surface area contributed by atoms with Crippen molar-refractivity contribution in [1.29, 1.82) is 0 Å². The third kappa shape index (κ3) is 4.20. The third-order valence-corrected chi connectivity index (χ3v) is 4.23. The molecule has 0 radical (unpaired) electrons. The van der Waals surface area contributed by atoms with Crippen molar-refractivity contribution in [3.05, 3.63) is 74.0 Å². The van der Waals surface area contributed by atoms with Crippen LogP contribution < -0.4 is 10.2 Å². The number of methoxy groups -OCH3 is 1. The smallest absolute Gasteiger partial charge is 0.270 e. The van der Waals surface area contributed by atoms with Crippen molar-refractivity contribution in [3.8, 4) is 17.1 Å². The maximum Gasteiger partial charge on any atom is 0.270 e. The van der Waals surface area contributed by atoms with E-state index in [0.717, 1.165) is 9.26 Å². The molecule has 0 unspecified atom stereocenters. The van der Waals surface area contributed by atoms with Crippen molar-refractivity contribution in [2.24, 2.45) is 5.10 Å². The Morgan fingerprint density at radius 1 is 1.19 bits per heavy atom. The van der Waals surface area contributed by atoms with E-state index < -0.39 is 4.92 Å². The molecule has 1 N–H and O–H groups in total. The number of halogens is 1. The Bertz CT molecular complexity index is 951. The van der Waals surface area contributed by atoms with Crippen LogP contribution in [0.25, 0.3) is 11.3 Å². The van der Waals surface area contributed by atoms with E-state index in [1.807, 2.05) is 24.3 Å². The summed E-state index contributed by atoms with van der Waals surface area (Å²) in [7, 11) is 1.50. The minimum atomic E-state index is -0.459. The minimum absolute atomic E-state index is 0.0345. The number of hydrogen-bond donors (Lipinski definition) is 1. The average molecular weight is 463 g/mol. The monoisotopic (exact) mass is 463 g/mol. The second-order valence-electron chi connectivity index (χ2n) is 5.22. The Labute approximate surface area is 163 Å². The number of ether oxygens (including phenoxy) is 1. The highest BCUT2D eigenvalue weighted by Crippen LogP contribution is 2.34. The Morgan fingerprint density at radius 2 is 1.96 bits per heavy atom. The van der Waals surface area contributed by atoms with Gasteiger partial charge in [-0.2, -0.15) is 5.10 Å². The number of nitrogens with one attached hydrogen (secondary N) is 1. The summed E-state index contributed by atoms with van der Waals surface area (Å²) in [5, 5.41) is 15.1. The van der Waals surface area contributed by atoms with Gasteiger partial charge in [0.25, 0.3) is 5.69 Å². The van der Waals surface area contributed by atoms with E-state index >= 15 is 0 Å². The number of furan rings is 1. The third-order valence-electron chi connectivity index (χ3n) is 3.52. The Morgan fingerprint density at radius 3 is 2.65 bits per heavy atom. The second kappa shape index (κ2) is 8.00. The SMILES string of the molecule is COc1ccc([N+](=O)[O-])cc1-c1ccc(C=NNc2ccc(I)cc2)o1. The number of nitro groups is 1. The molecule has 1 aromatic heterocycles. The van der Waals surface area contributed by atoms with Gasteiger partial charge in [0.2, 0.25) is 0 Å². The molecule has 132 valence electrons. The molecular weight excluding hydrogens is 449 g/mol. The first-order valence-corrected chi connectivity index (χ1v) is 8.62. The van der Waals surface area contributed by atoms with Gasteiger partial charge in [0.15, 0.2) is 0 Å². The highest BCUT2D eigenvalue weighted by atomic mass is 127. The fourth-order valence-corrected chi connectivity index (χ4v) is 2.62. The standard InChI is InChI=1S/C18H14IN3O4/c1-25-17-8-6-14(22(23)24)10-16(17)18-9-7-15(26-18)11-20-21-13-4-2-12(19)3-5-13/h2-11,21H,1H3. The van der Waals surface area contributed by atoms with Gasteiger partial charge < -0.3 is 9.15 Å². The van der Waals surface area contributed by atoms with E-state index in [2.05, 4.69) is 33.1 Å². The number of nitro benzene ring substituents is 1. The van der Waals surface area contributed by atoms with Crippen LogP contribution in [0.5, 0.6) is 5.75 Å². The molecule has 26 heavy (non-hydrogen) atoms. The van der Waals surface area contributed by atoms with Crippen LogP contribution in [0, 0.1) is 13.7 Å². The van der Waals surface area contributed by atoms with Crippen LogP contribution in [-0.2, 0) is 0 Å². The van der Waals surface area contributed by atoms with Crippen molar-refractivity contribution in [2.45, 2.75) is 0 Å². The van der Waals surface area contributed by atoms with Gasteiger partial charge in [-0.25, -0.2) is 0 Å². The lowest BCUT2D eigenvalue weighted by molar-refractivity contribution is -0.384. The quantitative estimate of drug-likeness (QED) is 0.243. The summed E-state index contributed by atoms with van der Waals surface area (Å²) in [5.74, 6) is 1.46. The van der Waals surface area contributed by atoms with Crippen molar-refractivity contribution in [3.63, 3.8) is 0 Å². The zero-order chi connectivity index (χ0) is 18.5. The predicted octanol–water partition coefficient (Wildman–Crippen LogP) is 4.91. The van der Waals surface area contributed by atoms with Crippen molar-refractivity contribution >= 4 is 40.2 Å². The molecule has 0 saturated carbocycles. The van der Waals surface area contributed by atoms with E-state index in [4.69, 9.17) is 9.15 Å². The largest absolute Gasteiger partial charge is 0.496 e. The number of anilines is 1. The fraction of sp³-hybridized carbons (Fsp3) is 0.0556. The van der Waals surface area contributed by atoms with Crippen LogP contribution >= 0.6 is 22.6 Å². The number of hydrogen-bond acceptors (Lipinski definition) is 6. The van der Waals surface area contributed by atoms with Crippen LogP contribution in [0.3, 0.4) is 0 Å². The van der Waals surface area contributed by atoms with Crippen LogP contribution in [0.4, 0.5) is 11.4 Å². The molecule has 0 amide bonds. The second-order valence-corrected chi connectivity index (χ2v) is 6.47. The van der Waals surface area contributed by atoms with Gasteiger partial charge in [-0.05, 0) is 65.1 Å². The summed E-state index contributed by atoms with van der Waals surface area (Å²) < 4.78 is 12.1. The van der Waals surface area contributed by atoms with Gasteiger partial charge >= 0.3 is 0 Å². The Balaban J connectivity index is 1.79. The molecule has 0 fully saturated rings. The maximum absolute atomic E-state index is 11.0. The summed E-state index contributed by atoms with van der Waals surface area (Å²) in [6.07, 6.45) is 1.53. The van der Waals surface area contributed by atoms with Crippen molar-refractivity contribution in [2.75, 3.05) is 12.5 Å². The van der Waals surface area contributed by atoms with Crippen molar-refractivity contribution in [1.82, 2.24) is 0 Å². The summed E-state index contributed by atoms with van der Waals surface area (Å²) in [4.78, 5) is 10.5. The highest BCUT2D eigenvalue weighted by molar-refractivity contribution is 14.1. The summed E-state index contributed by atoms with van der Waals surface area (Å²) in [6.45, 7) is 0. The molecule has 0 aliphatic carbocycles. The van der Waals surface area contributed by atoms with E-state index in [1.54, 1.807) is 18.2 Å². The van der Waals surface area contributed by atoms with Crippen LogP contribution in [0.2, 0.25) is 0 Å². The van der Waals surface area contributed by atoms with Crippen LogP contribution in [0.1, 0.15) is 5.76 Å². The molecule has 0 spiro atoms. The van der Waals surface area contributed by atoms with Crippen molar-refractivity contribution < 1.29 is 14.1 Å². The zero-order valence-electron chi connectivity index (χ0n) is 13.7. The summed E-state index contributed by atoms with van der Waals surface area (Å²) in [5.41, 5.74) is 4.24. The van der Waals surface area contributed by atoms with Crippen LogP contribution in [-0.4, -0.2) is 18.2 Å². The Kier molecular flexibility index (Phi) is 5.52. The molecule has 1 heterocycles. The van der Waals surface area contributed by atoms with Gasteiger partial charge in [-0.3, -0.25) is 15.5 Å². The van der Waals surface area contributed by atoms with Gasteiger partial charge in [0.1, 0.15) is 17.3 Å². The molecule has 0 saturated heterocycles. The number of hydrazone groups is 1. The Hall–Kier alpha value is -2.88. The van der Waals surface area contributed by atoms with E-state index in [1.165, 1.54) is 25.5 Å². The first-order valence-electron chi connectivity index (χ1n) is 7.54. The first-order chi connectivity index (χ1) is 12.6. The normalized spacial score (nSPS) is 10.8. The molecule has 3 aromatic rings. The van der Waals surface area contributed by atoms with Gasteiger partial charge in [0.05, 0.1) is 29.5 Å². The molecule has 0 bridgehead atoms. The lowest BCUT2D eigenvalue weighted by Gasteiger charge is -2.05. The van der Waals surface area contributed by atoms with Gasteiger partial charge in [-0.15, -0.1) is 0 Å². The van der Waals surface area contributed by atoms with Gasteiger partial charge in [0, 0.05) is 15.7 Å². The fourth-order valence-electron chi connectivity index (χ4n) is 2.26. The summed E-state index contributed by atoms with van der Waals surface area (Å²) in [6, 6.07) is 15.6. The van der Waals surface area contributed by atoms with Gasteiger partial charge in [-0.1, -0.05) is 0 Å². The molecule has 0 aliphatic rings. The molecule has 0 aliphatic heterocycles. The summed E-state index contributed by atoms with van der Waals surface area (Å²) >= 11 is 2.23. The molecule has 8 heteroatoms. The highest BCUT2D eigenvalue weighted by Gasteiger charge is 2.15. The topological polar surface area (TPSA) is 89.9 Å². The predicted molar refractivity (Wildman–Crippen MR) is 108 cm³/mol. The molecule has 7 nitrogen and oxygen atoms in total. The lowest BCUT2D eigenvalue weighted by atomic mass is 10.1. The average Bonchev–Trinajstić information content (AvgIpc) is 3.11. The maximum atomic E-state index is 11.0. The lowest BCUT2D eigenvalue weighted by Crippen LogP contribution is -1.92. The van der Waals surface area contributed by atoms with E-state index in [9.17, 15) is 10.1 Å².